The van der Waals surface area contributed by atoms with E-state index in [-0.39, 0.29) is 17.7 Å². The fourth-order valence-corrected chi connectivity index (χ4v) is 3.06. The Morgan fingerprint density at radius 2 is 1.89 bits per heavy atom. The first kappa shape index (κ1) is 21.0. The Balaban J connectivity index is 2.22. The Bertz CT molecular complexity index is 749. The molecule has 0 aliphatic heterocycles. The van der Waals surface area contributed by atoms with Crippen LogP contribution in [0, 0.1) is 0 Å². The van der Waals surface area contributed by atoms with Crippen LogP contribution in [0.4, 0.5) is 0 Å². The maximum Gasteiger partial charge on any atom is 0.187 e. The lowest BCUT2D eigenvalue weighted by molar-refractivity contribution is -0.113. The molecule has 1 aromatic carbocycles. The van der Waals surface area contributed by atoms with Crippen molar-refractivity contribution in [3.8, 4) is 0 Å². The molecule has 1 aliphatic carbocycles. The summed E-state index contributed by atoms with van der Waals surface area (Å²) in [4.78, 5) is 28.5. The fraction of sp³-hybridized carbons (Fsp3) is 0.458. The minimum absolute atomic E-state index is 0.0197. The number of hydrogen-bond acceptors (Lipinski definition) is 3. The van der Waals surface area contributed by atoms with Gasteiger partial charge in [0, 0.05) is 5.92 Å². The molecule has 0 aromatic heterocycles. The standard InChI is InChI=1S/C24H31NO2/c1-5-7-20(8-6-2)21-11-9-19(10-12-21)18(4)24(27)23(15-17(3)16-26)25-22-13-14-22/h7,9-12,15-16,18,22H,5-6,8,13-14H2,1-4H3/b17-15+,20-7+,25-23?. The number of carbonyl (C=O) groups is 2. The maximum atomic E-state index is 13.0. The van der Waals surface area contributed by atoms with E-state index in [0.717, 1.165) is 44.0 Å². The van der Waals surface area contributed by atoms with Crippen LogP contribution in [0.3, 0.4) is 0 Å². The highest BCUT2D eigenvalue weighted by Gasteiger charge is 2.25. The monoisotopic (exact) mass is 365 g/mol. The highest BCUT2D eigenvalue weighted by molar-refractivity contribution is 6.46. The van der Waals surface area contributed by atoms with Crippen molar-refractivity contribution in [1.82, 2.24) is 0 Å². The van der Waals surface area contributed by atoms with Crippen LogP contribution in [-0.2, 0) is 9.59 Å². The number of nitrogens with zero attached hydrogens (tertiary/aromatic N) is 1. The first-order chi connectivity index (χ1) is 13.0. The normalized spacial score (nSPS) is 17.0. The van der Waals surface area contributed by atoms with Gasteiger partial charge >= 0.3 is 0 Å². The zero-order chi connectivity index (χ0) is 19.8. The Labute approximate surface area is 163 Å². The smallest absolute Gasteiger partial charge is 0.187 e. The third-order valence-corrected chi connectivity index (χ3v) is 4.82. The lowest BCUT2D eigenvalue weighted by Gasteiger charge is -2.13. The number of benzene rings is 1. The van der Waals surface area contributed by atoms with Gasteiger partial charge in [0.1, 0.15) is 12.0 Å². The SMILES string of the molecule is CC/C=C(\CCC)c1ccc(C(C)C(=O)C(/C=C(\C)C=O)=NC2CC2)cc1. The minimum atomic E-state index is -0.281. The number of aldehydes is 1. The van der Waals surface area contributed by atoms with Gasteiger partial charge in [-0.3, -0.25) is 14.6 Å². The molecule has 3 heteroatoms. The third kappa shape index (κ3) is 6.13. The molecule has 2 rings (SSSR count). The average Bonchev–Trinajstić information content (AvgIpc) is 3.50. The molecule has 1 fully saturated rings. The van der Waals surface area contributed by atoms with Crippen LogP contribution in [0.15, 0.2) is 47.0 Å². The number of allylic oxidation sites excluding steroid dienone is 4. The first-order valence-electron chi connectivity index (χ1n) is 10.0. The molecule has 1 aromatic rings. The molecule has 1 aliphatic rings. The van der Waals surface area contributed by atoms with E-state index in [1.807, 2.05) is 19.1 Å². The molecule has 0 amide bonds. The van der Waals surface area contributed by atoms with Gasteiger partial charge in [-0.05, 0) is 61.0 Å². The summed E-state index contributed by atoms with van der Waals surface area (Å²) in [5, 5.41) is 0. The molecule has 27 heavy (non-hydrogen) atoms. The van der Waals surface area contributed by atoms with Crippen molar-refractivity contribution in [2.24, 2.45) is 4.99 Å². The average molecular weight is 366 g/mol. The molecule has 0 spiro atoms. The molecular weight excluding hydrogens is 334 g/mol. The van der Waals surface area contributed by atoms with Crippen molar-refractivity contribution < 1.29 is 9.59 Å². The second-order valence-electron chi connectivity index (χ2n) is 7.35. The fourth-order valence-electron chi connectivity index (χ4n) is 3.06. The lowest BCUT2D eigenvalue weighted by atomic mass is 9.91. The number of ketones is 1. The number of hydrogen-bond donors (Lipinski definition) is 0. The van der Waals surface area contributed by atoms with E-state index < -0.39 is 0 Å². The van der Waals surface area contributed by atoms with E-state index in [1.54, 1.807) is 13.0 Å². The number of Topliss-reactive ketones (excluding diaryl/α,β-unsaturated/α-hetero) is 1. The summed E-state index contributed by atoms with van der Waals surface area (Å²) in [5.41, 5.74) is 4.53. The van der Waals surface area contributed by atoms with E-state index in [1.165, 1.54) is 11.1 Å². The molecular formula is C24H31NO2. The topological polar surface area (TPSA) is 46.5 Å². The van der Waals surface area contributed by atoms with Gasteiger partial charge in [-0.1, -0.05) is 57.5 Å². The van der Waals surface area contributed by atoms with Crippen molar-refractivity contribution in [3.05, 3.63) is 53.1 Å². The molecule has 0 heterocycles. The Hall–Kier alpha value is -2.29. The number of aliphatic imine (C=N–C) groups is 1. The van der Waals surface area contributed by atoms with Crippen LogP contribution in [0.2, 0.25) is 0 Å². The van der Waals surface area contributed by atoms with Crippen molar-refractivity contribution in [2.45, 2.75) is 71.8 Å². The van der Waals surface area contributed by atoms with Gasteiger partial charge < -0.3 is 0 Å². The van der Waals surface area contributed by atoms with Gasteiger partial charge in [-0.25, -0.2) is 0 Å². The molecule has 0 bridgehead atoms. The van der Waals surface area contributed by atoms with Crippen LogP contribution in [-0.4, -0.2) is 23.8 Å². The second kappa shape index (κ2) is 10.1. The van der Waals surface area contributed by atoms with Gasteiger partial charge in [0.15, 0.2) is 5.78 Å². The number of rotatable bonds is 10. The maximum absolute atomic E-state index is 13.0. The quantitative estimate of drug-likeness (QED) is 0.303. The van der Waals surface area contributed by atoms with Gasteiger partial charge in [-0.15, -0.1) is 0 Å². The largest absolute Gasteiger partial charge is 0.298 e. The molecule has 1 unspecified atom stereocenters. The second-order valence-corrected chi connectivity index (χ2v) is 7.35. The first-order valence-corrected chi connectivity index (χ1v) is 10.0. The van der Waals surface area contributed by atoms with Crippen molar-refractivity contribution in [1.29, 1.82) is 0 Å². The van der Waals surface area contributed by atoms with Gasteiger partial charge in [0.05, 0.1) is 6.04 Å². The summed E-state index contributed by atoms with van der Waals surface area (Å²) in [6.45, 7) is 7.96. The summed E-state index contributed by atoms with van der Waals surface area (Å²) < 4.78 is 0. The number of carbonyl (C=O) groups excluding carboxylic acids is 2. The van der Waals surface area contributed by atoms with Crippen LogP contribution in [0.5, 0.6) is 0 Å². The summed E-state index contributed by atoms with van der Waals surface area (Å²) >= 11 is 0. The van der Waals surface area contributed by atoms with E-state index in [9.17, 15) is 9.59 Å². The van der Waals surface area contributed by atoms with Crippen LogP contribution in [0.1, 0.15) is 76.8 Å². The van der Waals surface area contributed by atoms with Crippen LogP contribution in [0.25, 0.3) is 5.57 Å². The summed E-state index contributed by atoms with van der Waals surface area (Å²) in [7, 11) is 0. The Morgan fingerprint density at radius 3 is 2.41 bits per heavy atom. The lowest BCUT2D eigenvalue weighted by Crippen LogP contribution is -2.20. The molecule has 1 saturated carbocycles. The molecule has 0 saturated heterocycles. The van der Waals surface area contributed by atoms with E-state index >= 15 is 0 Å². The van der Waals surface area contributed by atoms with Crippen molar-refractivity contribution >= 4 is 23.4 Å². The van der Waals surface area contributed by atoms with Gasteiger partial charge in [0.25, 0.3) is 0 Å². The Morgan fingerprint density at radius 1 is 1.22 bits per heavy atom. The molecule has 144 valence electrons. The van der Waals surface area contributed by atoms with Crippen LogP contribution >= 0.6 is 0 Å². The van der Waals surface area contributed by atoms with E-state index in [4.69, 9.17) is 0 Å². The minimum Gasteiger partial charge on any atom is -0.298 e. The molecule has 0 radical (unpaired) electrons. The summed E-state index contributed by atoms with van der Waals surface area (Å²) in [5.74, 6) is -0.300. The Kier molecular flexibility index (Phi) is 7.90. The summed E-state index contributed by atoms with van der Waals surface area (Å²) in [6.07, 6.45) is 9.93. The predicted octanol–water partition coefficient (Wildman–Crippen LogP) is 5.70. The van der Waals surface area contributed by atoms with E-state index in [0.29, 0.717) is 11.3 Å². The highest BCUT2D eigenvalue weighted by Crippen LogP contribution is 2.27. The van der Waals surface area contributed by atoms with Crippen molar-refractivity contribution in [3.63, 3.8) is 0 Å². The highest BCUT2D eigenvalue weighted by atomic mass is 16.1. The molecule has 3 nitrogen and oxygen atoms in total. The third-order valence-electron chi connectivity index (χ3n) is 4.82. The predicted molar refractivity (Wildman–Crippen MR) is 113 cm³/mol. The van der Waals surface area contributed by atoms with Gasteiger partial charge in [0.2, 0.25) is 0 Å². The summed E-state index contributed by atoms with van der Waals surface area (Å²) in [6, 6.07) is 8.55. The molecule has 0 N–H and O–H groups in total. The zero-order valence-electron chi connectivity index (χ0n) is 17.0. The van der Waals surface area contributed by atoms with Crippen LogP contribution < -0.4 is 0 Å². The zero-order valence-corrected chi connectivity index (χ0v) is 17.0. The van der Waals surface area contributed by atoms with E-state index in [2.05, 4.69) is 37.0 Å². The van der Waals surface area contributed by atoms with Crippen molar-refractivity contribution in [2.75, 3.05) is 0 Å². The molecule has 1 atom stereocenters. The van der Waals surface area contributed by atoms with Gasteiger partial charge in [-0.2, -0.15) is 0 Å².